The van der Waals surface area contributed by atoms with E-state index in [1.807, 2.05) is 66.0 Å². The van der Waals surface area contributed by atoms with E-state index >= 15 is 0 Å². The van der Waals surface area contributed by atoms with E-state index in [1.54, 1.807) is 6.08 Å². The van der Waals surface area contributed by atoms with Gasteiger partial charge in [-0.3, -0.25) is 0 Å². The summed E-state index contributed by atoms with van der Waals surface area (Å²) in [6.45, 7) is 3.84. The number of nitrogens with zero attached hydrogens (tertiary/aromatic N) is 4. The molecule has 4 nitrogen and oxygen atoms in total. The summed E-state index contributed by atoms with van der Waals surface area (Å²) in [5.41, 5.74) is 14.3. The average molecular weight is 889 g/mol. The van der Waals surface area contributed by atoms with Crippen LogP contribution in [-0.2, 0) is 0 Å². The Balaban J connectivity index is 1.18. The zero-order chi connectivity index (χ0) is 45.4. The van der Waals surface area contributed by atoms with Crippen molar-refractivity contribution < 1.29 is 0 Å². The molecule has 0 fully saturated rings. The van der Waals surface area contributed by atoms with Crippen molar-refractivity contribution in [3.63, 3.8) is 0 Å². The second-order valence-corrected chi connectivity index (χ2v) is 18.2. The Morgan fingerprint density at radius 3 is 1.78 bits per heavy atom. The highest BCUT2D eigenvalue weighted by Crippen LogP contribution is 2.46. The van der Waals surface area contributed by atoms with E-state index in [0.717, 1.165) is 68.5 Å². The molecular weight excluding hydrogens is 845 g/mol. The highest BCUT2D eigenvalue weighted by molar-refractivity contribution is 7.25. The molecule has 0 saturated carbocycles. The van der Waals surface area contributed by atoms with E-state index in [9.17, 15) is 0 Å². The van der Waals surface area contributed by atoms with Gasteiger partial charge in [0.2, 0.25) is 0 Å². The zero-order valence-electron chi connectivity index (χ0n) is 37.3. The number of hydrogen-bond donors (Lipinski definition) is 0. The molecule has 0 unspecified atom stereocenters. The molecule has 0 N–H and O–H groups in total. The summed E-state index contributed by atoms with van der Waals surface area (Å²) in [6, 6.07) is 65.9. The second-order valence-electron chi connectivity index (χ2n) is 17.1. The summed E-state index contributed by atoms with van der Waals surface area (Å²) in [6.07, 6.45) is 18.4. The topological polar surface area (TPSA) is 43.6 Å². The van der Waals surface area contributed by atoms with Crippen LogP contribution in [0.4, 0.5) is 0 Å². The molecule has 0 amide bonds. The van der Waals surface area contributed by atoms with Gasteiger partial charge in [-0.25, -0.2) is 15.0 Å². The molecule has 3 heterocycles. The summed E-state index contributed by atoms with van der Waals surface area (Å²) in [5, 5.41) is 4.99. The monoisotopic (exact) mass is 888 g/mol. The fourth-order valence-corrected chi connectivity index (χ4v) is 10.7. The van der Waals surface area contributed by atoms with Crippen molar-refractivity contribution in [1.82, 2.24) is 19.5 Å². The Labute approximate surface area is 399 Å². The Morgan fingerprint density at radius 2 is 1.07 bits per heavy atom. The van der Waals surface area contributed by atoms with E-state index in [1.165, 1.54) is 47.6 Å². The third kappa shape index (κ3) is 7.59. The first-order chi connectivity index (χ1) is 33.7. The Bertz CT molecular complexity index is 3830. The predicted molar refractivity (Wildman–Crippen MR) is 289 cm³/mol. The Morgan fingerprint density at radius 1 is 0.456 bits per heavy atom. The molecule has 0 spiro atoms. The number of aromatic nitrogens is 4. The van der Waals surface area contributed by atoms with Crippen LogP contribution < -0.4 is 0 Å². The Kier molecular flexibility index (Phi) is 10.7. The van der Waals surface area contributed by atoms with E-state index in [2.05, 4.69) is 181 Å². The lowest BCUT2D eigenvalue weighted by Gasteiger charge is -2.21. The van der Waals surface area contributed by atoms with Crippen LogP contribution in [0.2, 0.25) is 0 Å². The molecule has 0 bridgehead atoms. The lowest BCUT2D eigenvalue weighted by atomic mass is 9.90. The molecule has 68 heavy (non-hydrogen) atoms. The summed E-state index contributed by atoms with van der Waals surface area (Å²) < 4.78 is 5.06. The van der Waals surface area contributed by atoms with Crippen LogP contribution in [-0.4, -0.2) is 19.5 Å². The molecular formula is C63H44N4S. The van der Waals surface area contributed by atoms with Gasteiger partial charge in [0.15, 0.2) is 17.5 Å². The number of rotatable bonds is 10. The summed E-state index contributed by atoms with van der Waals surface area (Å²) >= 11 is 1.85. The maximum absolute atomic E-state index is 5.25. The smallest absolute Gasteiger partial charge is 0.164 e. The van der Waals surface area contributed by atoms with Gasteiger partial charge in [0.1, 0.15) is 0 Å². The van der Waals surface area contributed by atoms with E-state index < -0.39 is 0 Å². The van der Waals surface area contributed by atoms with Gasteiger partial charge in [0.25, 0.3) is 0 Å². The molecule has 3 aromatic heterocycles. The molecule has 0 saturated heterocycles. The van der Waals surface area contributed by atoms with Crippen molar-refractivity contribution in [2.24, 2.45) is 0 Å². The van der Waals surface area contributed by atoms with Crippen LogP contribution in [0.5, 0.6) is 0 Å². The van der Waals surface area contributed by atoms with Gasteiger partial charge in [0, 0.05) is 53.2 Å². The molecule has 0 aliphatic heterocycles. The van der Waals surface area contributed by atoms with Crippen molar-refractivity contribution in [1.29, 1.82) is 0 Å². The van der Waals surface area contributed by atoms with Crippen LogP contribution in [0.3, 0.4) is 0 Å². The molecule has 12 rings (SSSR count). The van der Waals surface area contributed by atoms with Gasteiger partial charge in [-0.2, -0.15) is 0 Å². The predicted octanol–water partition coefficient (Wildman–Crippen LogP) is 17.2. The third-order valence-corrected chi connectivity index (χ3v) is 14.0. The average Bonchev–Trinajstić information content (AvgIpc) is 3.94. The van der Waals surface area contributed by atoms with Gasteiger partial charge in [-0.05, 0) is 88.7 Å². The largest absolute Gasteiger partial charge is 0.308 e. The van der Waals surface area contributed by atoms with E-state index in [0.29, 0.717) is 17.5 Å². The van der Waals surface area contributed by atoms with Crippen molar-refractivity contribution >= 4 is 65.0 Å². The summed E-state index contributed by atoms with van der Waals surface area (Å²) in [4.78, 5) is 15.4. The van der Waals surface area contributed by atoms with E-state index in [-0.39, 0.29) is 0 Å². The van der Waals surface area contributed by atoms with Crippen molar-refractivity contribution in [3.8, 4) is 61.8 Å². The van der Waals surface area contributed by atoms with Gasteiger partial charge in [0.05, 0.1) is 16.7 Å². The molecule has 5 heteroatoms. The summed E-state index contributed by atoms with van der Waals surface area (Å²) in [7, 11) is 0. The minimum Gasteiger partial charge on any atom is -0.308 e. The summed E-state index contributed by atoms with van der Waals surface area (Å²) in [5.74, 6) is 1.76. The third-order valence-electron chi connectivity index (χ3n) is 12.9. The van der Waals surface area contributed by atoms with Gasteiger partial charge in [-0.15, -0.1) is 11.3 Å². The molecule has 0 atom stereocenters. The van der Waals surface area contributed by atoms with Crippen LogP contribution in [0.25, 0.3) is 115 Å². The first kappa shape index (κ1) is 41.0. The number of benzene rings is 8. The maximum Gasteiger partial charge on any atom is 0.164 e. The molecule has 322 valence electrons. The normalized spacial score (nSPS) is 12.9. The maximum atomic E-state index is 5.25. The molecule has 1 aliphatic rings. The van der Waals surface area contributed by atoms with Crippen LogP contribution in [0.1, 0.15) is 24.2 Å². The molecule has 11 aromatic rings. The minimum atomic E-state index is 0.565. The molecule has 0 radical (unpaired) electrons. The van der Waals surface area contributed by atoms with Crippen molar-refractivity contribution in [2.75, 3.05) is 0 Å². The number of thiophene rings is 1. The zero-order valence-corrected chi connectivity index (χ0v) is 38.1. The SMILES string of the molecule is C=C/C=C\C=C\c1nc(-c2ccccc2)nc(-c2cc(-c3ccc(C4=CCCC=C4)cc3)c(-n3c4ccccc4c4cc5c(cc43)sc3ccccc35)c(-c3ccc(-c4ccccc4)cc3)c2)n1. The molecule has 1 aliphatic carbocycles. The van der Waals surface area contributed by atoms with Crippen LogP contribution in [0.15, 0.2) is 231 Å². The Hall–Kier alpha value is -8.51. The number of hydrogen-bond acceptors (Lipinski definition) is 4. The fraction of sp³-hybridized carbons (Fsp3) is 0.0317. The van der Waals surface area contributed by atoms with Crippen molar-refractivity contribution in [3.05, 3.63) is 242 Å². The number of fused-ring (bicyclic) bond motifs is 6. The first-order valence-corrected chi connectivity index (χ1v) is 23.9. The van der Waals surface area contributed by atoms with Gasteiger partial charge < -0.3 is 4.57 Å². The fourth-order valence-electron chi connectivity index (χ4n) is 9.61. The minimum absolute atomic E-state index is 0.565. The van der Waals surface area contributed by atoms with Gasteiger partial charge in [-0.1, -0.05) is 195 Å². The van der Waals surface area contributed by atoms with Gasteiger partial charge >= 0.3 is 0 Å². The number of allylic oxidation sites excluding steroid dienone is 8. The van der Waals surface area contributed by atoms with E-state index in [4.69, 9.17) is 15.0 Å². The second kappa shape index (κ2) is 17.7. The lowest BCUT2D eigenvalue weighted by Crippen LogP contribution is -2.04. The number of para-hydroxylation sites is 1. The van der Waals surface area contributed by atoms with Crippen molar-refractivity contribution in [2.45, 2.75) is 12.8 Å². The van der Waals surface area contributed by atoms with Crippen LogP contribution in [0, 0.1) is 0 Å². The first-order valence-electron chi connectivity index (χ1n) is 23.1. The molecule has 8 aromatic carbocycles. The van der Waals surface area contributed by atoms with Crippen LogP contribution >= 0.6 is 11.3 Å². The highest BCUT2D eigenvalue weighted by atomic mass is 32.1. The quantitative estimate of drug-likeness (QED) is 0.129. The standard InChI is InChI=1S/C63H44N4S/c1-2-3-4-14-29-60-64-62(48-23-12-7-13-24-48)66-63(65-60)49-38-52(46-34-30-44(31-35-46)42-19-8-5-9-20-42)61(53(39-49)47-36-32-45(33-37-47)43-21-10-6-11-22-43)67-56-27-17-15-25-50(56)54-40-55-51-26-16-18-28-58(51)68-59(55)41-57(54)67/h2-5,7-10,12-41H,1,6,11H2/b4-3-,29-14+. The lowest BCUT2D eigenvalue weighted by molar-refractivity contribution is 1.04. The highest BCUT2D eigenvalue weighted by Gasteiger charge is 2.24.